The van der Waals surface area contributed by atoms with Gasteiger partial charge in [0.25, 0.3) is 0 Å². The number of anilines is 1. The Balaban J connectivity index is 2.85. The average molecular weight is 127 g/mol. The van der Waals surface area contributed by atoms with Gasteiger partial charge in [0.2, 0.25) is 0 Å². The first-order valence-corrected chi connectivity index (χ1v) is 2.69. The summed E-state index contributed by atoms with van der Waals surface area (Å²) >= 11 is 0. The Hall–Kier alpha value is -1.03. The maximum Gasteiger partial charge on any atom is 0.126 e. The molecule has 3 N–H and O–H groups in total. The number of rotatable bonds is 2. The molecule has 0 atom stereocenters. The molecule has 9 heavy (non-hydrogen) atoms. The largest absolute Gasteiger partial charge is 0.391 e. The van der Waals surface area contributed by atoms with Crippen molar-refractivity contribution >= 4 is 5.82 Å². The number of nitrogens with one attached hydrogen (secondary N) is 2. The third-order valence-corrected chi connectivity index (χ3v) is 1.14. The second-order valence-electron chi connectivity index (χ2n) is 1.68. The fourth-order valence-corrected chi connectivity index (χ4v) is 0.647. The van der Waals surface area contributed by atoms with Gasteiger partial charge in [-0.3, -0.25) is 5.10 Å². The molecule has 0 radical (unpaired) electrons. The first kappa shape index (κ1) is 6.10. The van der Waals surface area contributed by atoms with Crippen molar-refractivity contribution in [2.24, 2.45) is 0 Å². The van der Waals surface area contributed by atoms with Gasteiger partial charge in [0, 0.05) is 12.6 Å². The normalized spacial score (nSPS) is 9.56. The Labute approximate surface area is 52.9 Å². The number of aliphatic hydroxyl groups excluding tert-OH is 1. The van der Waals surface area contributed by atoms with Gasteiger partial charge in [-0.25, -0.2) is 0 Å². The van der Waals surface area contributed by atoms with E-state index in [0.29, 0.717) is 0 Å². The maximum atomic E-state index is 8.64. The molecule has 1 heterocycles. The predicted molar refractivity (Wildman–Crippen MR) is 34.1 cm³/mol. The molecule has 0 saturated carbocycles. The Morgan fingerprint density at radius 2 is 2.67 bits per heavy atom. The molecule has 1 aromatic heterocycles. The number of aromatic amines is 1. The smallest absolute Gasteiger partial charge is 0.126 e. The van der Waals surface area contributed by atoms with Crippen molar-refractivity contribution in [3.05, 3.63) is 11.8 Å². The zero-order chi connectivity index (χ0) is 6.69. The van der Waals surface area contributed by atoms with Crippen LogP contribution in [0, 0.1) is 0 Å². The summed E-state index contributed by atoms with van der Waals surface area (Å²) in [5.74, 6) is 0.775. The molecular weight excluding hydrogens is 118 g/mol. The van der Waals surface area contributed by atoms with Crippen molar-refractivity contribution in [3.63, 3.8) is 0 Å². The molecule has 0 unspecified atom stereocenters. The molecule has 1 aromatic rings. The molecule has 0 amide bonds. The zero-order valence-electron chi connectivity index (χ0n) is 5.18. The van der Waals surface area contributed by atoms with Crippen molar-refractivity contribution in [2.45, 2.75) is 6.61 Å². The highest BCUT2D eigenvalue weighted by atomic mass is 16.3. The minimum atomic E-state index is 0.0205. The lowest BCUT2D eigenvalue weighted by Crippen LogP contribution is -1.92. The summed E-state index contributed by atoms with van der Waals surface area (Å²) in [5.41, 5.74) is 0.789. The minimum Gasteiger partial charge on any atom is -0.391 e. The first-order chi connectivity index (χ1) is 4.38. The lowest BCUT2D eigenvalue weighted by molar-refractivity contribution is 0.282. The topological polar surface area (TPSA) is 60.9 Å². The van der Waals surface area contributed by atoms with Crippen molar-refractivity contribution in [1.29, 1.82) is 0 Å². The van der Waals surface area contributed by atoms with E-state index >= 15 is 0 Å². The lowest BCUT2D eigenvalue weighted by atomic mass is 10.3. The summed E-state index contributed by atoms with van der Waals surface area (Å²) in [5, 5.41) is 17.9. The van der Waals surface area contributed by atoms with Crippen LogP contribution in [0.15, 0.2) is 6.20 Å². The van der Waals surface area contributed by atoms with Gasteiger partial charge >= 0.3 is 0 Å². The summed E-state index contributed by atoms with van der Waals surface area (Å²) in [4.78, 5) is 0. The number of hydrogen-bond acceptors (Lipinski definition) is 3. The molecule has 0 spiro atoms. The summed E-state index contributed by atoms with van der Waals surface area (Å²) in [7, 11) is 1.77. The number of aliphatic hydroxyl groups is 1. The van der Waals surface area contributed by atoms with Crippen LogP contribution in [0.2, 0.25) is 0 Å². The standard InChI is InChI=1S/C5H9N3O/c1-6-5-4(3-9)2-7-8-5/h2,9H,3H2,1H3,(H2,6,7,8). The van der Waals surface area contributed by atoms with E-state index in [9.17, 15) is 0 Å². The van der Waals surface area contributed by atoms with Crippen molar-refractivity contribution < 1.29 is 5.11 Å². The summed E-state index contributed by atoms with van der Waals surface area (Å²) in [6.45, 7) is 0.0205. The van der Waals surface area contributed by atoms with Crippen LogP contribution < -0.4 is 5.32 Å². The van der Waals surface area contributed by atoms with Crippen molar-refractivity contribution in [1.82, 2.24) is 10.2 Å². The second-order valence-corrected chi connectivity index (χ2v) is 1.68. The van der Waals surface area contributed by atoms with Gasteiger partial charge in [0.05, 0.1) is 12.8 Å². The van der Waals surface area contributed by atoms with Gasteiger partial charge in [-0.15, -0.1) is 0 Å². The first-order valence-electron chi connectivity index (χ1n) is 2.69. The molecule has 0 aliphatic heterocycles. The second kappa shape index (κ2) is 2.50. The quantitative estimate of drug-likeness (QED) is 0.521. The Kier molecular flexibility index (Phi) is 1.69. The average Bonchev–Trinajstić information content (AvgIpc) is 2.33. The van der Waals surface area contributed by atoms with E-state index in [1.165, 1.54) is 0 Å². The minimum absolute atomic E-state index is 0.0205. The van der Waals surface area contributed by atoms with E-state index in [4.69, 9.17) is 5.11 Å². The fourth-order valence-electron chi connectivity index (χ4n) is 0.647. The molecule has 4 nitrogen and oxygen atoms in total. The molecular formula is C5H9N3O. The van der Waals surface area contributed by atoms with Crippen molar-refractivity contribution in [3.8, 4) is 0 Å². The highest BCUT2D eigenvalue weighted by Crippen LogP contribution is 2.07. The van der Waals surface area contributed by atoms with Crippen LogP contribution in [-0.4, -0.2) is 22.4 Å². The Morgan fingerprint density at radius 1 is 1.89 bits per heavy atom. The van der Waals surface area contributed by atoms with Crippen LogP contribution >= 0.6 is 0 Å². The van der Waals surface area contributed by atoms with Crippen LogP contribution in [0.3, 0.4) is 0 Å². The highest BCUT2D eigenvalue weighted by Gasteiger charge is 1.98. The molecule has 0 aliphatic carbocycles. The molecule has 0 saturated heterocycles. The summed E-state index contributed by atoms with van der Waals surface area (Å²) in [6, 6.07) is 0. The number of hydrogen-bond donors (Lipinski definition) is 3. The van der Waals surface area contributed by atoms with E-state index in [0.717, 1.165) is 11.4 Å². The monoisotopic (exact) mass is 127 g/mol. The lowest BCUT2D eigenvalue weighted by Gasteiger charge is -1.94. The van der Waals surface area contributed by atoms with E-state index < -0.39 is 0 Å². The van der Waals surface area contributed by atoms with Crippen LogP contribution in [0.5, 0.6) is 0 Å². The molecule has 0 bridgehead atoms. The third kappa shape index (κ3) is 1.02. The Bertz CT molecular complexity index is 166. The predicted octanol–water partition coefficient (Wildman–Crippen LogP) is -0.0563. The number of H-pyrrole nitrogens is 1. The fraction of sp³-hybridized carbons (Fsp3) is 0.400. The van der Waals surface area contributed by atoms with Crippen LogP contribution in [0.1, 0.15) is 5.56 Å². The summed E-state index contributed by atoms with van der Waals surface area (Å²) < 4.78 is 0. The molecule has 0 fully saturated rings. The van der Waals surface area contributed by atoms with Gasteiger partial charge < -0.3 is 10.4 Å². The van der Waals surface area contributed by atoms with Crippen LogP contribution in [0.25, 0.3) is 0 Å². The SMILES string of the molecule is CNc1[nH]ncc1CO. The Morgan fingerprint density at radius 3 is 3.11 bits per heavy atom. The van der Waals surface area contributed by atoms with E-state index in [1.807, 2.05) is 0 Å². The van der Waals surface area contributed by atoms with E-state index in [2.05, 4.69) is 15.5 Å². The maximum absolute atomic E-state index is 8.64. The third-order valence-electron chi connectivity index (χ3n) is 1.14. The van der Waals surface area contributed by atoms with Gasteiger partial charge in [0.1, 0.15) is 5.82 Å². The summed E-state index contributed by atoms with van der Waals surface area (Å²) in [6.07, 6.45) is 1.59. The van der Waals surface area contributed by atoms with Gasteiger partial charge in [0.15, 0.2) is 0 Å². The highest BCUT2D eigenvalue weighted by molar-refractivity contribution is 5.40. The molecule has 0 aromatic carbocycles. The van der Waals surface area contributed by atoms with E-state index in [1.54, 1.807) is 13.2 Å². The number of aromatic nitrogens is 2. The molecule has 1 rings (SSSR count). The van der Waals surface area contributed by atoms with Crippen molar-refractivity contribution in [2.75, 3.05) is 12.4 Å². The van der Waals surface area contributed by atoms with Crippen LogP contribution in [-0.2, 0) is 6.61 Å². The van der Waals surface area contributed by atoms with Gasteiger partial charge in [-0.05, 0) is 0 Å². The molecule has 4 heteroatoms. The molecule has 0 aliphatic rings. The zero-order valence-corrected chi connectivity index (χ0v) is 5.18. The van der Waals surface area contributed by atoms with E-state index in [-0.39, 0.29) is 6.61 Å². The van der Waals surface area contributed by atoms with Crippen LogP contribution in [0.4, 0.5) is 5.82 Å². The number of nitrogens with zero attached hydrogens (tertiary/aromatic N) is 1. The molecule has 50 valence electrons. The van der Waals surface area contributed by atoms with Gasteiger partial charge in [-0.2, -0.15) is 5.10 Å². The van der Waals surface area contributed by atoms with Gasteiger partial charge in [-0.1, -0.05) is 0 Å².